The molecule has 0 amide bonds. The van der Waals surface area contributed by atoms with Gasteiger partial charge in [0.2, 0.25) is 0 Å². The van der Waals surface area contributed by atoms with Gasteiger partial charge < -0.3 is 13.8 Å². The van der Waals surface area contributed by atoms with Crippen LogP contribution >= 0.6 is 8.53 Å². The molecule has 0 aromatic heterocycles. The predicted octanol–water partition coefficient (Wildman–Crippen LogP) is 9.41. The molecule has 0 fully saturated rings. The fourth-order valence-corrected chi connectivity index (χ4v) is 5.96. The van der Waals surface area contributed by atoms with Crippen molar-refractivity contribution in [1.29, 1.82) is 5.26 Å². The van der Waals surface area contributed by atoms with E-state index < -0.39 is 8.53 Å². The molecule has 5 nitrogen and oxygen atoms in total. The molecular weight excluding hydrogens is 455 g/mol. The highest BCUT2D eigenvalue weighted by atomic mass is 31.2. The highest BCUT2D eigenvalue weighted by Gasteiger charge is 2.27. The zero-order valence-corrected chi connectivity index (χ0v) is 25.1. The maximum absolute atomic E-state index is 8.83. The summed E-state index contributed by atoms with van der Waals surface area (Å²) < 4.78 is 20.3. The molecule has 0 aromatic rings. The Kier molecular flexibility index (Phi) is 25.2. The number of hydrogen-bond donors (Lipinski definition) is 0. The summed E-state index contributed by atoms with van der Waals surface area (Å²) >= 11 is 0. The molecule has 0 aliphatic carbocycles. The Morgan fingerprint density at radius 2 is 1.14 bits per heavy atom. The van der Waals surface area contributed by atoms with Crippen LogP contribution < -0.4 is 0 Å². The highest BCUT2D eigenvalue weighted by molar-refractivity contribution is 7.44. The van der Waals surface area contributed by atoms with Crippen LogP contribution in [0.2, 0.25) is 0 Å². The van der Waals surface area contributed by atoms with Crippen molar-refractivity contribution >= 4 is 8.53 Å². The molecule has 0 spiro atoms. The molecule has 2 unspecified atom stereocenters. The van der Waals surface area contributed by atoms with Crippen LogP contribution in [0.4, 0.5) is 0 Å². The summed E-state index contributed by atoms with van der Waals surface area (Å²) in [6.45, 7) is 15.7. The van der Waals surface area contributed by atoms with Gasteiger partial charge in [-0.3, -0.25) is 0 Å². The molecule has 0 rings (SSSR count). The zero-order valence-electron chi connectivity index (χ0n) is 24.2. The van der Waals surface area contributed by atoms with Crippen molar-refractivity contribution in [2.45, 2.75) is 150 Å². The Bertz CT molecular complexity index is 477. The Labute approximate surface area is 220 Å². The van der Waals surface area contributed by atoms with Gasteiger partial charge in [0.25, 0.3) is 8.53 Å². The summed E-state index contributed by atoms with van der Waals surface area (Å²) in [6.07, 6.45) is 19.7. The number of nitriles is 1. The summed E-state index contributed by atoms with van der Waals surface area (Å²) in [5, 5.41) is 8.83. The van der Waals surface area contributed by atoms with E-state index in [1.165, 1.54) is 83.5 Å². The fourth-order valence-electron chi connectivity index (χ4n) is 4.24. The first-order valence-electron chi connectivity index (χ1n) is 14.7. The SMILES string of the molecule is CCCCCCCCCCCCCCCCOCC(C)COP(OCCC#N)N(C(C)C)C(C)C. The number of hydrogen-bond acceptors (Lipinski definition) is 5. The van der Waals surface area contributed by atoms with Crippen molar-refractivity contribution in [2.75, 3.05) is 26.4 Å². The van der Waals surface area contributed by atoms with Gasteiger partial charge in [0.05, 0.1) is 32.3 Å². The van der Waals surface area contributed by atoms with E-state index in [1.54, 1.807) is 0 Å². The maximum atomic E-state index is 8.83. The lowest BCUT2D eigenvalue weighted by molar-refractivity contribution is 0.0757. The molecule has 0 N–H and O–H groups in total. The van der Waals surface area contributed by atoms with Crippen LogP contribution in [-0.2, 0) is 13.8 Å². The predicted molar refractivity (Wildman–Crippen MR) is 151 cm³/mol. The van der Waals surface area contributed by atoms with Gasteiger partial charge in [-0.15, -0.1) is 0 Å². The van der Waals surface area contributed by atoms with Gasteiger partial charge in [0.15, 0.2) is 0 Å². The average molecular weight is 515 g/mol. The van der Waals surface area contributed by atoms with Gasteiger partial charge in [-0.05, 0) is 34.1 Å². The molecule has 35 heavy (non-hydrogen) atoms. The van der Waals surface area contributed by atoms with Crippen LogP contribution in [-0.4, -0.2) is 43.2 Å². The number of ether oxygens (including phenoxy) is 1. The smallest absolute Gasteiger partial charge is 0.259 e. The van der Waals surface area contributed by atoms with Gasteiger partial charge in [-0.2, -0.15) is 5.26 Å². The third-order valence-electron chi connectivity index (χ3n) is 6.18. The molecule has 0 heterocycles. The lowest BCUT2D eigenvalue weighted by atomic mass is 10.0. The number of unbranched alkanes of at least 4 members (excludes halogenated alkanes) is 13. The molecule has 0 aromatic carbocycles. The lowest BCUT2D eigenvalue weighted by Crippen LogP contribution is -2.34. The van der Waals surface area contributed by atoms with E-state index in [2.05, 4.69) is 52.3 Å². The molecule has 0 aliphatic heterocycles. The topological polar surface area (TPSA) is 54.7 Å². The Morgan fingerprint density at radius 3 is 1.60 bits per heavy atom. The van der Waals surface area contributed by atoms with Crippen LogP contribution in [0.3, 0.4) is 0 Å². The molecule has 0 aliphatic rings. The summed E-state index contributed by atoms with van der Waals surface area (Å²) in [4.78, 5) is 0. The van der Waals surface area contributed by atoms with E-state index in [1.807, 2.05) is 0 Å². The van der Waals surface area contributed by atoms with Crippen molar-refractivity contribution in [3.05, 3.63) is 0 Å². The van der Waals surface area contributed by atoms with Crippen LogP contribution in [0.5, 0.6) is 0 Å². The van der Waals surface area contributed by atoms with E-state index >= 15 is 0 Å². The van der Waals surface area contributed by atoms with Crippen LogP contribution in [0.25, 0.3) is 0 Å². The van der Waals surface area contributed by atoms with Crippen molar-refractivity contribution in [3.63, 3.8) is 0 Å². The van der Waals surface area contributed by atoms with Gasteiger partial charge >= 0.3 is 0 Å². The monoisotopic (exact) mass is 514 g/mol. The number of nitrogens with zero attached hydrogens (tertiary/aromatic N) is 2. The van der Waals surface area contributed by atoms with E-state index in [0.29, 0.717) is 37.6 Å². The minimum Gasteiger partial charge on any atom is -0.381 e. The lowest BCUT2D eigenvalue weighted by Gasteiger charge is -2.36. The first kappa shape index (κ1) is 34.8. The third-order valence-corrected chi connectivity index (χ3v) is 8.25. The summed E-state index contributed by atoms with van der Waals surface area (Å²) in [5.74, 6) is 0.326. The average Bonchev–Trinajstić information content (AvgIpc) is 2.81. The van der Waals surface area contributed by atoms with Crippen LogP contribution in [0.1, 0.15) is 138 Å². The molecule has 2 atom stereocenters. The molecular formula is C29H59N2O3P. The van der Waals surface area contributed by atoms with Crippen LogP contribution in [0.15, 0.2) is 0 Å². The molecule has 0 saturated heterocycles. The second-order valence-electron chi connectivity index (χ2n) is 10.6. The van der Waals surface area contributed by atoms with Crippen molar-refractivity contribution in [1.82, 2.24) is 4.67 Å². The van der Waals surface area contributed by atoms with Gasteiger partial charge in [-0.1, -0.05) is 97.3 Å². The molecule has 0 bridgehead atoms. The van der Waals surface area contributed by atoms with E-state index in [4.69, 9.17) is 19.0 Å². The minimum atomic E-state index is -1.16. The van der Waals surface area contributed by atoms with Crippen molar-refractivity contribution in [3.8, 4) is 6.07 Å². The summed E-state index contributed by atoms with van der Waals surface area (Å²) in [7, 11) is -1.16. The highest BCUT2D eigenvalue weighted by Crippen LogP contribution is 2.46. The number of rotatable bonds is 26. The normalized spacial score (nSPS) is 13.6. The maximum Gasteiger partial charge on any atom is 0.259 e. The Hall–Kier alpha value is -0.240. The largest absolute Gasteiger partial charge is 0.381 e. The first-order valence-corrected chi connectivity index (χ1v) is 15.9. The zero-order chi connectivity index (χ0) is 26.2. The molecule has 0 saturated carbocycles. The standard InChI is InChI=1S/C29H59N2O3P/c1-7-8-9-10-11-12-13-14-15-16-17-18-19-20-23-32-25-29(6)26-34-35(33-24-21-22-30)31(27(2)3)28(4)5/h27-29H,7-21,23-26H2,1-6H3. The fraction of sp³-hybridized carbons (Fsp3) is 0.966. The minimum absolute atomic E-state index is 0.326. The third kappa shape index (κ3) is 21.5. The molecule has 6 heteroatoms. The molecule has 208 valence electrons. The summed E-state index contributed by atoms with van der Waals surface area (Å²) in [5.41, 5.74) is 0. The summed E-state index contributed by atoms with van der Waals surface area (Å²) in [6, 6.07) is 2.81. The second-order valence-corrected chi connectivity index (χ2v) is 12.1. The quantitative estimate of drug-likeness (QED) is 0.0850. The molecule has 0 radical (unpaired) electrons. The van der Waals surface area contributed by atoms with Gasteiger partial charge in [0.1, 0.15) is 0 Å². The van der Waals surface area contributed by atoms with Gasteiger partial charge in [-0.25, -0.2) is 4.67 Å². The van der Waals surface area contributed by atoms with Crippen molar-refractivity contribution < 1.29 is 13.8 Å². The Morgan fingerprint density at radius 1 is 0.657 bits per heavy atom. The van der Waals surface area contributed by atoms with E-state index in [0.717, 1.165) is 19.6 Å². The van der Waals surface area contributed by atoms with Gasteiger partial charge in [0, 0.05) is 24.6 Å². The van der Waals surface area contributed by atoms with E-state index in [-0.39, 0.29) is 0 Å². The van der Waals surface area contributed by atoms with Crippen molar-refractivity contribution in [2.24, 2.45) is 5.92 Å². The Balaban J connectivity index is 3.74. The van der Waals surface area contributed by atoms with E-state index in [9.17, 15) is 0 Å². The van der Waals surface area contributed by atoms with Crippen LogP contribution in [0, 0.1) is 17.2 Å². The first-order chi connectivity index (χ1) is 16.9. The second kappa shape index (κ2) is 25.4.